The van der Waals surface area contributed by atoms with E-state index in [4.69, 9.17) is 10.5 Å². The molecule has 0 aromatic rings. The van der Waals surface area contributed by atoms with E-state index < -0.39 is 20.8 Å². The summed E-state index contributed by atoms with van der Waals surface area (Å²) < 4.78 is 28.7. The van der Waals surface area contributed by atoms with E-state index >= 15 is 0 Å². The average molecular weight is 318 g/mol. The molecule has 3 atom stereocenters. The molecule has 7 heteroatoms. The van der Waals surface area contributed by atoms with Gasteiger partial charge in [0.2, 0.25) is 5.91 Å². The molecule has 2 rings (SSSR count). The van der Waals surface area contributed by atoms with Crippen LogP contribution >= 0.6 is 0 Å². The van der Waals surface area contributed by atoms with Crippen molar-refractivity contribution >= 4 is 15.7 Å². The minimum absolute atomic E-state index is 0.0152. The van der Waals surface area contributed by atoms with Crippen molar-refractivity contribution in [1.82, 2.24) is 5.32 Å². The molecule has 3 unspecified atom stereocenters. The molecule has 2 fully saturated rings. The minimum atomic E-state index is -3.08. The van der Waals surface area contributed by atoms with Gasteiger partial charge in [-0.1, -0.05) is 20.8 Å². The number of amides is 1. The fourth-order valence-corrected chi connectivity index (χ4v) is 4.35. The lowest BCUT2D eigenvalue weighted by atomic mass is 9.46. The second-order valence-corrected chi connectivity index (χ2v) is 9.10. The minimum Gasteiger partial charge on any atom is -0.377 e. The Hall–Kier alpha value is -0.660. The lowest BCUT2D eigenvalue weighted by molar-refractivity contribution is -0.225. The van der Waals surface area contributed by atoms with Gasteiger partial charge in [0.05, 0.1) is 11.9 Å². The molecule has 122 valence electrons. The van der Waals surface area contributed by atoms with Gasteiger partial charge in [0.25, 0.3) is 0 Å². The van der Waals surface area contributed by atoms with Crippen LogP contribution in [0.25, 0.3) is 0 Å². The molecule has 0 spiro atoms. The van der Waals surface area contributed by atoms with Crippen LogP contribution in [0.4, 0.5) is 0 Å². The van der Waals surface area contributed by atoms with Gasteiger partial charge in [-0.2, -0.15) is 0 Å². The van der Waals surface area contributed by atoms with Crippen molar-refractivity contribution in [2.24, 2.45) is 17.1 Å². The zero-order chi connectivity index (χ0) is 15.9. The molecule has 1 saturated heterocycles. The van der Waals surface area contributed by atoms with Crippen molar-refractivity contribution in [1.29, 1.82) is 0 Å². The van der Waals surface area contributed by atoms with Crippen LogP contribution in [-0.2, 0) is 19.4 Å². The van der Waals surface area contributed by atoms with Gasteiger partial charge < -0.3 is 15.8 Å². The maximum Gasteiger partial charge on any atom is 0.241 e. The lowest BCUT2D eigenvalue weighted by Gasteiger charge is -2.65. The predicted molar refractivity (Wildman–Crippen MR) is 80.5 cm³/mol. The highest BCUT2D eigenvalue weighted by atomic mass is 32.2. The Bertz CT molecular complexity index is 517. The number of hydrogen-bond acceptors (Lipinski definition) is 5. The van der Waals surface area contributed by atoms with Crippen LogP contribution in [0.2, 0.25) is 0 Å². The van der Waals surface area contributed by atoms with Crippen LogP contribution in [0.3, 0.4) is 0 Å². The van der Waals surface area contributed by atoms with Crippen molar-refractivity contribution in [3.8, 4) is 0 Å². The number of sulfone groups is 1. The largest absolute Gasteiger partial charge is 0.377 e. The van der Waals surface area contributed by atoms with Crippen LogP contribution in [0.15, 0.2) is 0 Å². The van der Waals surface area contributed by atoms with Gasteiger partial charge in [0, 0.05) is 30.2 Å². The number of carbonyl (C=O) groups is 1. The number of nitrogens with two attached hydrogens (primary N) is 1. The zero-order valence-corrected chi connectivity index (χ0v) is 13.8. The fourth-order valence-electron chi connectivity index (χ4n) is 3.65. The molecule has 1 heterocycles. The second-order valence-electron chi connectivity index (χ2n) is 6.62. The fraction of sp³-hybridized carbons (Fsp3) is 0.929. The molecule has 0 aromatic heterocycles. The molecule has 1 amide bonds. The van der Waals surface area contributed by atoms with Crippen molar-refractivity contribution < 1.29 is 17.9 Å². The average Bonchev–Trinajstić information content (AvgIpc) is 2.46. The number of ether oxygens (including phenoxy) is 1. The Kier molecular flexibility index (Phi) is 4.39. The number of fused-ring (bicyclic) bond motifs is 1. The third-order valence-electron chi connectivity index (χ3n) is 5.20. The van der Waals surface area contributed by atoms with E-state index in [0.29, 0.717) is 0 Å². The summed E-state index contributed by atoms with van der Waals surface area (Å²) in [6.07, 6.45) is 1.81. The predicted octanol–water partition coefficient (Wildman–Crippen LogP) is 0.0698. The van der Waals surface area contributed by atoms with Gasteiger partial charge in [0.15, 0.2) is 9.84 Å². The first-order valence-corrected chi connectivity index (χ1v) is 9.38. The van der Waals surface area contributed by atoms with Crippen molar-refractivity contribution in [3.63, 3.8) is 0 Å². The second kappa shape index (κ2) is 5.52. The molecule has 1 aliphatic heterocycles. The molecule has 1 saturated carbocycles. The summed E-state index contributed by atoms with van der Waals surface area (Å²) in [7, 11) is -3.08. The van der Waals surface area contributed by atoms with Gasteiger partial charge in [-0.25, -0.2) is 8.42 Å². The van der Waals surface area contributed by atoms with Crippen LogP contribution < -0.4 is 11.1 Å². The molecule has 0 aromatic carbocycles. The smallest absolute Gasteiger partial charge is 0.241 e. The summed E-state index contributed by atoms with van der Waals surface area (Å²) in [4.78, 5) is 12.5. The molecule has 0 bridgehead atoms. The number of hydrogen-bond donors (Lipinski definition) is 2. The van der Waals surface area contributed by atoms with E-state index in [2.05, 4.69) is 5.32 Å². The Morgan fingerprint density at radius 1 is 1.43 bits per heavy atom. The standard InChI is InChI=1S/C14H26N2O4S/c1-4-21(18,19)9-7-16-12(17)14(15)10-6-5-8-20-11(10)13(14,2)3/h10-11H,4-9,15H2,1-3H3,(H,16,17). The molecular formula is C14H26N2O4S. The summed E-state index contributed by atoms with van der Waals surface area (Å²) in [6.45, 7) is 6.32. The SMILES string of the molecule is CCS(=O)(=O)CCNC(=O)C1(N)C2CCCOC2C1(C)C. The highest BCUT2D eigenvalue weighted by molar-refractivity contribution is 7.91. The van der Waals surface area contributed by atoms with Gasteiger partial charge in [-0.05, 0) is 12.8 Å². The number of rotatable bonds is 5. The Labute approximate surface area is 126 Å². The van der Waals surface area contributed by atoms with Gasteiger partial charge >= 0.3 is 0 Å². The van der Waals surface area contributed by atoms with Crippen LogP contribution in [0.5, 0.6) is 0 Å². The maximum atomic E-state index is 12.5. The van der Waals surface area contributed by atoms with Crippen molar-refractivity contribution in [3.05, 3.63) is 0 Å². The molecule has 0 radical (unpaired) electrons. The van der Waals surface area contributed by atoms with E-state index in [-0.39, 0.29) is 36.0 Å². The highest BCUT2D eigenvalue weighted by Gasteiger charge is 2.70. The molecular weight excluding hydrogens is 292 g/mol. The number of carbonyl (C=O) groups excluding carboxylic acids is 1. The summed E-state index contributed by atoms with van der Waals surface area (Å²) in [5, 5.41) is 2.71. The van der Waals surface area contributed by atoms with Crippen molar-refractivity contribution in [2.45, 2.75) is 45.3 Å². The van der Waals surface area contributed by atoms with E-state index in [9.17, 15) is 13.2 Å². The highest BCUT2D eigenvalue weighted by Crippen LogP contribution is 2.57. The molecule has 3 N–H and O–H groups in total. The van der Waals surface area contributed by atoms with E-state index in [1.54, 1.807) is 6.92 Å². The molecule has 6 nitrogen and oxygen atoms in total. The van der Waals surface area contributed by atoms with Gasteiger partial charge in [0.1, 0.15) is 5.54 Å². The Balaban J connectivity index is 2.01. The third kappa shape index (κ3) is 2.59. The normalized spacial score (nSPS) is 34.7. The maximum absolute atomic E-state index is 12.5. The summed E-state index contributed by atoms with van der Waals surface area (Å²) in [5.74, 6) is -0.202. The van der Waals surface area contributed by atoms with E-state index in [1.807, 2.05) is 13.8 Å². The first-order valence-electron chi connectivity index (χ1n) is 7.56. The van der Waals surface area contributed by atoms with Crippen LogP contribution in [-0.4, -0.2) is 50.6 Å². The third-order valence-corrected chi connectivity index (χ3v) is 6.90. The summed E-state index contributed by atoms with van der Waals surface area (Å²) in [6, 6.07) is 0. The van der Waals surface area contributed by atoms with E-state index in [0.717, 1.165) is 19.4 Å². The zero-order valence-electron chi connectivity index (χ0n) is 13.0. The first kappa shape index (κ1) is 16.7. The Morgan fingerprint density at radius 3 is 2.71 bits per heavy atom. The monoisotopic (exact) mass is 318 g/mol. The Morgan fingerprint density at radius 2 is 2.10 bits per heavy atom. The van der Waals surface area contributed by atoms with Gasteiger partial charge in [-0.15, -0.1) is 0 Å². The summed E-state index contributed by atoms with van der Waals surface area (Å²) >= 11 is 0. The van der Waals surface area contributed by atoms with Gasteiger partial charge in [-0.3, -0.25) is 4.79 Å². The van der Waals surface area contributed by atoms with Crippen LogP contribution in [0, 0.1) is 11.3 Å². The number of nitrogens with one attached hydrogen (secondary N) is 1. The summed E-state index contributed by atoms with van der Waals surface area (Å²) in [5.41, 5.74) is 5.00. The van der Waals surface area contributed by atoms with Crippen molar-refractivity contribution in [2.75, 3.05) is 24.7 Å². The first-order chi connectivity index (χ1) is 9.67. The molecule has 21 heavy (non-hydrogen) atoms. The topological polar surface area (TPSA) is 98.5 Å². The van der Waals surface area contributed by atoms with E-state index in [1.165, 1.54) is 0 Å². The molecule has 2 aliphatic rings. The van der Waals surface area contributed by atoms with Crippen LogP contribution in [0.1, 0.15) is 33.6 Å². The quantitative estimate of drug-likeness (QED) is 0.747. The molecule has 1 aliphatic carbocycles. The lowest BCUT2D eigenvalue weighted by Crippen LogP contribution is -2.82.